The third kappa shape index (κ3) is 62.7. The summed E-state index contributed by atoms with van der Waals surface area (Å²) in [5.74, 6) is 0.213. The molecule has 0 aliphatic carbocycles. The Balaban J connectivity index is 0. The van der Waals surface area contributed by atoms with Crippen LogP contribution in [0.3, 0.4) is 0 Å². The van der Waals surface area contributed by atoms with E-state index in [-0.39, 0.29) is 18.0 Å². The zero-order valence-electron chi connectivity index (χ0n) is 6.60. The fourth-order valence-electron chi connectivity index (χ4n) is 0.144. The maximum Gasteiger partial charge on any atom is 0.135 e. The van der Waals surface area contributed by atoms with Crippen molar-refractivity contribution in [2.45, 2.75) is 27.2 Å². The van der Waals surface area contributed by atoms with Gasteiger partial charge in [0.05, 0.1) is 0 Å². The predicted octanol–water partition coefficient (Wildman–Crippen LogP) is 1.21. The summed E-state index contributed by atoms with van der Waals surface area (Å²) in [6.07, 6.45) is 1.38. The summed E-state index contributed by atoms with van der Waals surface area (Å²) in [4.78, 5) is 19.3. The molecule has 0 saturated heterocycles. The molecule has 58 valence electrons. The Hall–Kier alpha value is -0.990. The van der Waals surface area contributed by atoms with Gasteiger partial charge in [0.1, 0.15) is 11.6 Å². The first-order chi connectivity index (χ1) is 4.50. The topological polar surface area (TPSA) is 58.0 Å². The number of carbonyl (C=O) groups excluding carboxylic acids is 2. The van der Waals surface area contributed by atoms with Crippen LogP contribution in [0.25, 0.3) is 0 Å². The molecule has 0 heterocycles. The minimum atomic E-state index is 0.0463. The molecule has 10 heavy (non-hydrogen) atoms. The molecule has 0 aliphatic rings. The second kappa shape index (κ2) is 8.01. The summed E-state index contributed by atoms with van der Waals surface area (Å²) in [5.41, 5.74) is 0. The number of carbonyl (C=O) groups is 2. The normalized spacial score (nSPS) is 7.10. The maximum absolute atomic E-state index is 9.89. The molecular formula is C7H13NO2. The molecule has 0 unspecified atom stereocenters. The molecule has 0 atom stereocenters. The molecule has 3 nitrogen and oxygen atoms in total. The zero-order chi connectivity index (χ0) is 8.57. The average Bonchev–Trinajstić information content (AvgIpc) is 1.62. The maximum atomic E-state index is 9.89. The van der Waals surface area contributed by atoms with E-state index in [9.17, 15) is 9.59 Å². The lowest BCUT2D eigenvalue weighted by molar-refractivity contribution is -0.116. The van der Waals surface area contributed by atoms with Gasteiger partial charge in [-0.05, 0) is 20.8 Å². The van der Waals surface area contributed by atoms with Crippen molar-refractivity contribution in [3.63, 3.8) is 0 Å². The van der Waals surface area contributed by atoms with E-state index in [1.165, 1.54) is 20.8 Å². The summed E-state index contributed by atoms with van der Waals surface area (Å²) in [7, 11) is 0. The van der Waals surface area contributed by atoms with Crippen LogP contribution in [0.15, 0.2) is 0 Å². The van der Waals surface area contributed by atoms with Crippen molar-refractivity contribution in [2.75, 3.05) is 0 Å². The molecular weight excluding hydrogens is 130 g/mol. The van der Waals surface area contributed by atoms with Crippen LogP contribution in [-0.4, -0.2) is 17.8 Å². The summed E-state index contributed by atoms with van der Waals surface area (Å²) < 4.78 is 0. The smallest absolute Gasteiger partial charge is 0.135 e. The number of hydrogen-bond acceptors (Lipinski definition) is 3. The largest absolute Gasteiger partial charge is 0.313 e. The highest BCUT2D eigenvalue weighted by Crippen LogP contribution is 1.70. The SMILES string of the molecule is CC(=O)CC=N.CC(C)=O. The Morgan fingerprint density at radius 1 is 1.30 bits per heavy atom. The van der Waals surface area contributed by atoms with Crippen molar-refractivity contribution in [1.82, 2.24) is 0 Å². The van der Waals surface area contributed by atoms with Crippen molar-refractivity contribution in [2.24, 2.45) is 0 Å². The van der Waals surface area contributed by atoms with E-state index < -0.39 is 0 Å². The Morgan fingerprint density at radius 3 is 1.60 bits per heavy atom. The van der Waals surface area contributed by atoms with E-state index in [1.54, 1.807) is 0 Å². The number of hydrogen-bond donors (Lipinski definition) is 1. The average molecular weight is 143 g/mol. The molecule has 3 heteroatoms. The van der Waals surface area contributed by atoms with E-state index >= 15 is 0 Å². The minimum absolute atomic E-state index is 0.0463. The van der Waals surface area contributed by atoms with Gasteiger partial charge in [0.2, 0.25) is 0 Å². The molecule has 0 rings (SSSR count). The standard InChI is InChI=1S/C4H7NO.C3H6O/c1-4(6)2-3-5;1-3(2)4/h3,5H,2H2,1H3;1-2H3. The number of ketones is 2. The first-order valence-corrected chi connectivity index (χ1v) is 2.96. The lowest BCUT2D eigenvalue weighted by Gasteiger charge is -1.74. The van der Waals surface area contributed by atoms with Crippen LogP contribution in [0.4, 0.5) is 0 Å². The molecule has 0 aliphatic heterocycles. The molecule has 0 fully saturated rings. The fraction of sp³-hybridized carbons (Fsp3) is 0.571. The highest BCUT2D eigenvalue weighted by Gasteiger charge is 1.81. The van der Waals surface area contributed by atoms with Crippen molar-refractivity contribution in [3.8, 4) is 0 Å². The van der Waals surface area contributed by atoms with Gasteiger partial charge >= 0.3 is 0 Å². The molecule has 0 spiro atoms. The number of Topliss-reactive ketones (excluding diaryl/α,β-unsaturated/α-hetero) is 2. The first kappa shape index (κ1) is 11.8. The summed E-state index contributed by atoms with van der Waals surface area (Å²) >= 11 is 0. The summed E-state index contributed by atoms with van der Waals surface area (Å²) in [6, 6.07) is 0. The summed E-state index contributed by atoms with van der Waals surface area (Å²) in [5, 5.41) is 6.39. The molecule has 1 N–H and O–H groups in total. The van der Waals surface area contributed by atoms with Crippen molar-refractivity contribution < 1.29 is 9.59 Å². The highest BCUT2D eigenvalue weighted by molar-refractivity contribution is 5.88. The van der Waals surface area contributed by atoms with E-state index in [0.717, 1.165) is 6.21 Å². The van der Waals surface area contributed by atoms with Crippen LogP contribution in [0.2, 0.25) is 0 Å². The second-order valence-electron chi connectivity index (χ2n) is 2.02. The lowest BCUT2D eigenvalue weighted by Crippen LogP contribution is -1.86. The van der Waals surface area contributed by atoms with Crippen molar-refractivity contribution in [1.29, 1.82) is 5.41 Å². The second-order valence-corrected chi connectivity index (χ2v) is 2.02. The predicted molar refractivity (Wildman–Crippen MR) is 40.4 cm³/mol. The van der Waals surface area contributed by atoms with Crippen LogP contribution in [-0.2, 0) is 9.59 Å². The number of rotatable bonds is 2. The number of nitrogens with one attached hydrogen (secondary N) is 1. The van der Waals surface area contributed by atoms with E-state index in [1.807, 2.05) is 0 Å². The lowest BCUT2D eigenvalue weighted by atomic mass is 10.3. The Morgan fingerprint density at radius 2 is 1.60 bits per heavy atom. The van der Waals surface area contributed by atoms with Crippen LogP contribution in [0, 0.1) is 5.41 Å². The summed E-state index contributed by atoms with van der Waals surface area (Å²) in [6.45, 7) is 4.52. The van der Waals surface area contributed by atoms with E-state index in [0.29, 0.717) is 0 Å². The molecule has 0 aromatic carbocycles. The zero-order valence-corrected chi connectivity index (χ0v) is 6.60. The molecule has 0 aromatic rings. The van der Waals surface area contributed by atoms with Gasteiger partial charge < -0.3 is 10.2 Å². The van der Waals surface area contributed by atoms with Gasteiger partial charge in [0.25, 0.3) is 0 Å². The minimum Gasteiger partial charge on any atom is -0.313 e. The highest BCUT2D eigenvalue weighted by atomic mass is 16.1. The van der Waals surface area contributed by atoms with E-state index in [2.05, 4.69) is 0 Å². The molecule has 0 saturated carbocycles. The van der Waals surface area contributed by atoms with Gasteiger partial charge in [0.15, 0.2) is 0 Å². The molecule has 0 amide bonds. The Labute approximate surface area is 60.9 Å². The van der Waals surface area contributed by atoms with E-state index in [4.69, 9.17) is 5.41 Å². The molecule has 0 bridgehead atoms. The van der Waals surface area contributed by atoms with Crippen LogP contribution >= 0.6 is 0 Å². The van der Waals surface area contributed by atoms with Gasteiger partial charge in [-0.3, -0.25) is 4.79 Å². The monoisotopic (exact) mass is 143 g/mol. The van der Waals surface area contributed by atoms with Crippen molar-refractivity contribution in [3.05, 3.63) is 0 Å². The first-order valence-electron chi connectivity index (χ1n) is 2.96. The van der Waals surface area contributed by atoms with Gasteiger partial charge in [-0.1, -0.05) is 0 Å². The Kier molecular flexibility index (Phi) is 9.42. The molecule has 0 aromatic heterocycles. The third-order valence-corrected chi connectivity index (χ3v) is 0.390. The van der Waals surface area contributed by atoms with Crippen molar-refractivity contribution >= 4 is 17.8 Å². The van der Waals surface area contributed by atoms with Crippen LogP contribution in [0.5, 0.6) is 0 Å². The quantitative estimate of drug-likeness (QED) is 0.590. The molecule has 0 radical (unpaired) electrons. The van der Waals surface area contributed by atoms with Gasteiger partial charge in [-0.2, -0.15) is 0 Å². The van der Waals surface area contributed by atoms with Gasteiger partial charge in [0, 0.05) is 12.6 Å². The van der Waals surface area contributed by atoms with Crippen LogP contribution < -0.4 is 0 Å². The van der Waals surface area contributed by atoms with Crippen LogP contribution in [0.1, 0.15) is 27.2 Å². The fourth-order valence-corrected chi connectivity index (χ4v) is 0.144. The third-order valence-electron chi connectivity index (χ3n) is 0.390. The van der Waals surface area contributed by atoms with Gasteiger partial charge in [-0.15, -0.1) is 0 Å². The Bertz CT molecular complexity index is 126. The van der Waals surface area contributed by atoms with Gasteiger partial charge in [-0.25, -0.2) is 0 Å².